The average molecular weight is 577 g/mol. The molecule has 0 aliphatic carbocycles. The van der Waals surface area contributed by atoms with Gasteiger partial charge in [-0.3, -0.25) is 9.10 Å². The van der Waals surface area contributed by atoms with Crippen LogP contribution in [0.3, 0.4) is 0 Å². The molecule has 0 spiro atoms. The maximum Gasteiger partial charge on any atom is 0.264 e. The van der Waals surface area contributed by atoms with Gasteiger partial charge >= 0.3 is 0 Å². The summed E-state index contributed by atoms with van der Waals surface area (Å²) in [7, 11) is 0.498. The molecule has 3 aromatic carbocycles. The molecule has 1 atom stereocenters. The summed E-state index contributed by atoms with van der Waals surface area (Å²) >= 11 is 3.34. The van der Waals surface area contributed by atoms with E-state index in [9.17, 15) is 13.2 Å². The van der Waals surface area contributed by atoms with Gasteiger partial charge in [0.05, 0.1) is 42.4 Å². The highest BCUT2D eigenvalue weighted by atomic mass is 79.9. The summed E-state index contributed by atoms with van der Waals surface area (Å²) in [5.74, 6) is 1.14. The molecule has 36 heavy (non-hydrogen) atoms. The van der Waals surface area contributed by atoms with Crippen LogP contribution >= 0.6 is 15.9 Å². The van der Waals surface area contributed by atoms with Gasteiger partial charge in [-0.1, -0.05) is 23.8 Å². The largest absolute Gasteiger partial charge is 0.496 e. The standard InChI is InChI=1S/C26H29BrN2O6S/c1-17-6-9-20(10-7-17)29(36(31,32)21-11-13-23(33-3)22(27)15-21)16-26(30)28-18(2)19-8-12-24(34-4)25(14-19)35-5/h6-15,18H,16H2,1-5H3,(H,28,30). The minimum absolute atomic E-state index is 0.0245. The predicted molar refractivity (Wildman–Crippen MR) is 143 cm³/mol. The number of nitrogens with one attached hydrogen (secondary N) is 1. The number of hydrogen-bond donors (Lipinski definition) is 1. The van der Waals surface area contributed by atoms with Crippen LogP contribution in [0.2, 0.25) is 0 Å². The van der Waals surface area contributed by atoms with Crippen molar-refractivity contribution in [3.8, 4) is 17.2 Å². The number of carbonyl (C=O) groups excluding carboxylic acids is 1. The van der Waals surface area contributed by atoms with Crippen LogP contribution in [-0.4, -0.2) is 42.2 Å². The lowest BCUT2D eigenvalue weighted by Gasteiger charge is -2.25. The van der Waals surface area contributed by atoms with E-state index in [1.54, 1.807) is 49.6 Å². The molecule has 0 fully saturated rings. The number of sulfonamides is 1. The Labute approximate surface area is 220 Å². The average Bonchev–Trinajstić information content (AvgIpc) is 2.87. The Hall–Kier alpha value is -3.24. The fourth-order valence-electron chi connectivity index (χ4n) is 3.58. The van der Waals surface area contributed by atoms with Gasteiger partial charge in [0.25, 0.3) is 10.0 Å². The SMILES string of the molecule is COc1ccc(S(=O)(=O)N(CC(=O)NC(C)c2ccc(OC)c(OC)c2)c2ccc(C)cc2)cc1Br. The van der Waals surface area contributed by atoms with E-state index < -0.39 is 28.5 Å². The Morgan fingerprint density at radius 2 is 1.53 bits per heavy atom. The predicted octanol–water partition coefficient (Wildman–Crippen LogP) is 4.86. The van der Waals surface area contributed by atoms with Crippen molar-refractivity contribution in [1.82, 2.24) is 5.32 Å². The van der Waals surface area contributed by atoms with Gasteiger partial charge in [-0.05, 0) is 77.8 Å². The Kier molecular flexibility index (Phi) is 8.86. The molecule has 8 nitrogen and oxygen atoms in total. The lowest BCUT2D eigenvalue weighted by Crippen LogP contribution is -2.41. The quantitative estimate of drug-likeness (QED) is 0.370. The smallest absolute Gasteiger partial charge is 0.264 e. The van der Waals surface area contributed by atoms with E-state index in [0.717, 1.165) is 15.4 Å². The number of aryl methyl sites for hydroxylation is 1. The maximum absolute atomic E-state index is 13.7. The Balaban J connectivity index is 1.90. The first kappa shape index (κ1) is 27.3. The third-order valence-corrected chi connectivity index (χ3v) is 8.00. The molecule has 3 aromatic rings. The molecule has 0 saturated carbocycles. The minimum atomic E-state index is -4.08. The van der Waals surface area contributed by atoms with Crippen LogP contribution in [0.15, 0.2) is 70.0 Å². The van der Waals surface area contributed by atoms with Gasteiger partial charge in [0.1, 0.15) is 12.3 Å². The maximum atomic E-state index is 13.7. The third kappa shape index (κ3) is 6.11. The van der Waals surface area contributed by atoms with Gasteiger partial charge in [-0.15, -0.1) is 0 Å². The summed E-state index contributed by atoms with van der Waals surface area (Å²) < 4.78 is 44.7. The van der Waals surface area contributed by atoms with Crippen molar-refractivity contribution < 1.29 is 27.4 Å². The number of amides is 1. The van der Waals surface area contributed by atoms with Crippen molar-refractivity contribution in [2.45, 2.75) is 24.8 Å². The highest BCUT2D eigenvalue weighted by molar-refractivity contribution is 9.10. The number of hydrogen-bond acceptors (Lipinski definition) is 6. The second kappa shape index (κ2) is 11.7. The number of anilines is 1. The van der Waals surface area contributed by atoms with Crippen molar-refractivity contribution in [3.05, 3.63) is 76.3 Å². The number of nitrogens with zero attached hydrogens (tertiary/aromatic N) is 1. The third-order valence-electron chi connectivity index (χ3n) is 5.61. The van der Waals surface area contributed by atoms with Gasteiger partial charge in [0.15, 0.2) is 11.5 Å². The Morgan fingerprint density at radius 1 is 0.917 bits per heavy atom. The van der Waals surface area contributed by atoms with E-state index in [-0.39, 0.29) is 4.90 Å². The molecule has 1 amide bonds. The van der Waals surface area contributed by atoms with Gasteiger partial charge in [0.2, 0.25) is 5.91 Å². The molecular weight excluding hydrogens is 548 g/mol. The lowest BCUT2D eigenvalue weighted by atomic mass is 10.1. The molecular formula is C26H29BrN2O6S. The van der Waals surface area contributed by atoms with Crippen LogP contribution in [0.4, 0.5) is 5.69 Å². The van der Waals surface area contributed by atoms with E-state index >= 15 is 0 Å². The zero-order valence-electron chi connectivity index (χ0n) is 20.7. The van der Waals surface area contributed by atoms with E-state index in [0.29, 0.717) is 27.4 Å². The fourth-order valence-corrected chi connectivity index (χ4v) is 5.72. The molecule has 0 aliphatic rings. The van der Waals surface area contributed by atoms with Crippen LogP contribution in [0, 0.1) is 6.92 Å². The highest BCUT2D eigenvalue weighted by Gasteiger charge is 2.28. The number of rotatable bonds is 10. The summed E-state index contributed by atoms with van der Waals surface area (Å²) in [4.78, 5) is 13.1. The second-order valence-electron chi connectivity index (χ2n) is 8.05. The molecule has 1 N–H and O–H groups in total. The first-order valence-electron chi connectivity index (χ1n) is 11.0. The van der Waals surface area contributed by atoms with E-state index in [2.05, 4.69) is 21.2 Å². The fraction of sp³-hybridized carbons (Fsp3) is 0.269. The van der Waals surface area contributed by atoms with Crippen LogP contribution in [-0.2, 0) is 14.8 Å². The zero-order chi connectivity index (χ0) is 26.5. The van der Waals surface area contributed by atoms with E-state index in [4.69, 9.17) is 14.2 Å². The number of methoxy groups -OCH3 is 3. The molecule has 0 aromatic heterocycles. The number of benzene rings is 3. The summed E-state index contributed by atoms with van der Waals surface area (Å²) in [5.41, 5.74) is 2.13. The zero-order valence-corrected chi connectivity index (χ0v) is 23.1. The second-order valence-corrected chi connectivity index (χ2v) is 10.8. The molecule has 0 aliphatic heterocycles. The van der Waals surface area contributed by atoms with Crippen LogP contribution in [0.1, 0.15) is 24.1 Å². The Morgan fingerprint density at radius 3 is 2.11 bits per heavy atom. The van der Waals surface area contributed by atoms with Crippen molar-refractivity contribution in [3.63, 3.8) is 0 Å². The minimum Gasteiger partial charge on any atom is -0.496 e. The monoisotopic (exact) mass is 576 g/mol. The number of halogens is 1. The molecule has 0 heterocycles. The Bertz CT molecular complexity index is 1330. The van der Waals surface area contributed by atoms with Gasteiger partial charge < -0.3 is 19.5 Å². The van der Waals surface area contributed by atoms with Crippen LogP contribution in [0.25, 0.3) is 0 Å². The molecule has 0 bridgehead atoms. The normalized spacial score (nSPS) is 11.9. The van der Waals surface area contributed by atoms with Crippen molar-refractivity contribution in [2.24, 2.45) is 0 Å². The summed E-state index contributed by atoms with van der Waals surface area (Å²) in [6.45, 7) is 3.30. The van der Waals surface area contributed by atoms with Crippen LogP contribution < -0.4 is 23.8 Å². The van der Waals surface area contributed by atoms with E-state index in [1.165, 1.54) is 26.4 Å². The molecule has 1 unspecified atom stereocenters. The first-order valence-corrected chi connectivity index (χ1v) is 13.3. The topological polar surface area (TPSA) is 94.2 Å². The van der Waals surface area contributed by atoms with Gasteiger partial charge in [-0.25, -0.2) is 8.42 Å². The molecule has 0 radical (unpaired) electrons. The molecule has 0 saturated heterocycles. The summed E-state index contributed by atoms with van der Waals surface area (Å²) in [5, 5.41) is 2.88. The lowest BCUT2D eigenvalue weighted by molar-refractivity contribution is -0.120. The number of ether oxygens (including phenoxy) is 3. The van der Waals surface area contributed by atoms with E-state index in [1.807, 2.05) is 19.9 Å². The van der Waals surface area contributed by atoms with Crippen molar-refractivity contribution in [2.75, 3.05) is 32.2 Å². The highest BCUT2D eigenvalue weighted by Crippen LogP contribution is 2.32. The van der Waals surface area contributed by atoms with Crippen molar-refractivity contribution >= 4 is 37.5 Å². The first-order chi connectivity index (χ1) is 17.1. The summed E-state index contributed by atoms with van der Waals surface area (Å²) in [6.07, 6.45) is 0. The molecule has 3 rings (SSSR count). The molecule has 192 valence electrons. The van der Waals surface area contributed by atoms with Crippen molar-refractivity contribution in [1.29, 1.82) is 0 Å². The number of carbonyl (C=O) groups is 1. The van der Waals surface area contributed by atoms with Gasteiger partial charge in [-0.2, -0.15) is 0 Å². The summed E-state index contributed by atoms with van der Waals surface area (Å²) in [6, 6.07) is 16.3. The van der Waals surface area contributed by atoms with Gasteiger partial charge in [0, 0.05) is 0 Å². The molecule has 10 heteroatoms. The van der Waals surface area contributed by atoms with Crippen LogP contribution in [0.5, 0.6) is 17.2 Å².